The number of aromatic nitrogens is 3. The number of benzene rings is 2. The predicted molar refractivity (Wildman–Crippen MR) is 198 cm³/mol. The van der Waals surface area contributed by atoms with Gasteiger partial charge in [0.25, 0.3) is 0 Å². The number of carbonyl (C=O) groups is 1. The van der Waals surface area contributed by atoms with Gasteiger partial charge in [0.15, 0.2) is 11.8 Å². The third-order valence-corrected chi connectivity index (χ3v) is 9.39. The molecule has 0 spiro atoms. The maximum atomic E-state index is 12.9. The zero-order valence-electron chi connectivity index (χ0n) is 30.2. The molecule has 0 bridgehead atoms. The summed E-state index contributed by atoms with van der Waals surface area (Å²) >= 11 is 0. The quantitative estimate of drug-likeness (QED) is 0.140. The first kappa shape index (κ1) is 36.3. The van der Waals surface area contributed by atoms with Crippen LogP contribution in [-0.4, -0.2) is 50.5 Å². The first-order chi connectivity index (χ1) is 23.8. The van der Waals surface area contributed by atoms with Gasteiger partial charge in [0.05, 0.1) is 34.6 Å². The van der Waals surface area contributed by atoms with Crippen molar-refractivity contribution < 1.29 is 19.4 Å². The van der Waals surface area contributed by atoms with Crippen molar-refractivity contribution in [2.45, 2.75) is 91.5 Å². The smallest absolute Gasteiger partial charge is 0.337 e. The van der Waals surface area contributed by atoms with E-state index < -0.39 is 17.7 Å². The monoisotopic (exact) mass is 675 g/mol. The van der Waals surface area contributed by atoms with Crippen molar-refractivity contribution in [1.29, 1.82) is 5.26 Å². The van der Waals surface area contributed by atoms with E-state index in [4.69, 9.17) is 19.6 Å². The van der Waals surface area contributed by atoms with Gasteiger partial charge in [-0.15, -0.1) is 13.2 Å². The minimum atomic E-state index is -1.23. The standard InChI is InChI=1S/C41H49N5O4/c1-9-11-18-41(8)19-21-45(22-20-41)38-36(37(39(47)48)50-40(5,6)7)28(4)43-35-25-33(44-46(35)38)31-15-12-14-30(24-31)32-23-29(26-42)16-17-34(32)49-27(3)13-10-2/h9-10,12,14-17,23-25,27,37H,1-2,11,13,18-22H2,3-8H3,(H,47,48)/t27-,37?/m0/s1. The Morgan fingerprint density at radius 1 is 1.12 bits per heavy atom. The number of allylic oxidation sites excluding steroid dienone is 1. The van der Waals surface area contributed by atoms with Crippen molar-refractivity contribution in [2.24, 2.45) is 5.41 Å². The maximum Gasteiger partial charge on any atom is 0.337 e. The van der Waals surface area contributed by atoms with Gasteiger partial charge in [-0.05, 0) is 95.5 Å². The van der Waals surface area contributed by atoms with Crippen LogP contribution in [0.4, 0.5) is 5.82 Å². The average molecular weight is 676 g/mol. The van der Waals surface area contributed by atoms with Crippen LogP contribution < -0.4 is 9.64 Å². The summed E-state index contributed by atoms with van der Waals surface area (Å²) in [6.45, 7) is 21.0. The van der Waals surface area contributed by atoms with E-state index in [-0.39, 0.29) is 11.5 Å². The Balaban J connectivity index is 1.64. The van der Waals surface area contributed by atoms with Crippen molar-refractivity contribution in [3.63, 3.8) is 0 Å². The summed E-state index contributed by atoms with van der Waals surface area (Å²) < 4.78 is 14.3. The predicted octanol–water partition coefficient (Wildman–Crippen LogP) is 9.10. The van der Waals surface area contributed by atoms with Gasteiger partial charge in [-0.1, -0.05) is 37.3 Å². The van der Waals surface area contributed by atoms with Crippen LogP contribution in [0.2, 0.25) is 0 Å². The Morgan fingerprint density at radius 3 is 2.48 bits per heavy atom. The summed E-state index contributed by atoms with van der Waals surface area (Å²) in [5.74, 6) is 0.308. The summed E-state index contributed by atoms with van der Waals surface area (Å²) in [6, 6.07) is 17.6. The fraction of sp³-hybridized carbons (Fsp3) is 0.415. The molecule has 3 heterocycles. The van der Waals surface area contributed by atoms with E-state index in [1.54, 1.807) is 10.6 Å². The van der Waals surface area contributed by atoms with Crippen LogP contribution >= 0.6 is 0 Å². The molecule has 9 nitrogen and oxygen atoms in total. The normalized spacial score (nSPS) is 15.7. The van der Waals surface area contributed by atoms with Gasteiger partial charge < -0.3 is 19.5 Å². The number of carboxylic acid groups (broad SMARTS) is 1. The fourth-order valence-corrected chi connectivity index (χ4v) is 6.69. The fourth-order valence-electron chi connectivity index (χ4n) is 6.69. The highest BCUT2D eigenvalue weighted by Gasteiger charge is 2.37. The van der Waals surface area contributed by atoms with Crippen LogP contribution in [0, 0.1) is 23.7 Å². The lowest BCUT2D eigenvalue weighted by molar-refractivity contribution is -0.160. The maximum absolute atomic E-state index is 12.9. The summed E-state index contributed by atoms with van der Waals surface area (Å²) in [5, 5.41) is 25.3. The lowest BCUT2D eigenvalue weighted by Crippen LogP contribution is -2.41. The van der Waals surface area contributed by atoms with Crippen LogP contribution in [0.3, 0.4) is 0 Å². The van der Waals surface area contributed by atoms with Gasteiger partial charge in [0.1, 0.15) is 11.6 Å². The summed E-state index contributed by atoms with van der Waals surface area (Å²) in [4.78, 5) is 20.0. The van der Waals surface area contributed by atoms with Crippen LogP contribution in [0.5, 0.6) is 5.75 Å². The largest absolute Gasteiger partial charge is 0.490 e. The molecular formula is C41H49N5O4. The number of anilines is 1. The number of piperidine rings is 1. The molecule has 9 heteroatoms. The van der Waals surface area contributed by atoms with Crippen molar-refractivity contribution in [3.05, 3.63) is 90.7 Å². The van der Waals surface area contributed by atoms with Gasteiger partial charge >= 0.3 is 5.97 Å². The van der Waals surface area contributed by atoms with Crippen molar-refractivity contribution in [1.82, 2.24) is 14.6 Å². The number of nitriles is 1. The Morgan fingerprint density at radius 2 is 1.84 bits per heavy atom. The second-order valence-electron chi connectivity index (χ2n) is 14.7. The molecular weight excluding hydrogens is 626 g/mol. The molecule has 262 valence electrons. The number of ether oxygens (including phenoxy) is 2. The molecule has 2 aromatic heterocycles. The zero-order valence-corrected chi connectivity index (χ0v) is 30.2. The number of rotatable bonds is 13. The number of hydrogen-bond donors (Lipinski definition) is 1. The van der Waals surface area contributed by atoms with Crippen LogP contribution in [0.25, 0.3) is 28.0 Å². The van der Waals surface area contributed by atoms with E-state index >= 15 is 0 Å². The minimum Gasteiger partial charge on any atom is -0.490 e. The van der Waals surface area contributed by atoms with Crippen LogP contribution in [0.15, 0.2) is 73.8 Å². The number of fused-ring (bicyclic) bond motifs is 1. The Kier molecular flexibility index (Phi) is 10.8. The number of aryl methyl sites for hydroxylation is 1. The lowest BCUT2D eigenvalue weighted by atomic mass is 9.76. The van der Waals surface area contributed by atoms with Crippen LogP contribution in [0.1, 0.15) is 89.6 Å². The first-order valence-corrected chi connectivity index (χ1v) is 17.3. The topological polar surface area (TPSA) is 113 Å². The number of aliphatic carboxylic acids is 1. The van der Waals surface area contributed by atoms with Crippen LogP contribution in [-0.2, 0) is 9.53 Å². The minimum absolute atomic E-state index is 0.0886. The highest BCUT2D eigenvalue weighted by atomic mass is 16.5. The molecule has 5 rings (SSSR count). The molecule has 1 unspecified atom stereocenters. The zero-order chi connectivity index (χ0) is 36.2. The third-order valence-electron chi connectivity index (χ3n) is 9.39. The molecule has 0 radical (unpaired) electrons. The number of nitrogens with zero attached hydrogens (tertiary/aromatic N) is 5. The molecule has 1 N–H and O–H groups in total. The van der Waals surface area contributed by atoms with E-state index in [1.165, 1.54) is 0 Å². The van der Waals surface area contributed by atoms with Gasteiger partial charge in [-0.3, -0.25) is 0 Å². The Labute approximate surface area is 295 Å². The lowest BCUT2D eigenvalue weighted by Gasteiger charge is -2.41. The molecule has 50 heavy (non-hydrogen) atoms. The van der Waals surface area contributed by atoms with Crippen molar-refractivity contribution in [2.75, 3.05) is 18.0 Å². The molecule has 1 fully saturated rings. The van der Waals surface area contributed by atoms with Crippen molar-refractivity contribution in [3.8, 4) is 34.2 Å². The molecule has 1 aliphatic heterocycles. The van der Waals surface area contributed by atoms with E-state index in [1.807, 2.05) is 89.2 Å². The Bertz CT molecular complexity index is 1920. The second kappa shape index (κ2) is 14.9. The molecule has 2 atom stereocenters. The second-order valence-corrected chi connectivity index (χ2v) is 14.7. The Hall–Kier alpha value is -4.94. The summed E-state index contributed by atoms with van der Waals surface area (Å²) in [7, 11) is 0. The van der Waals surface area contributed by atoms with Gasteiger partial charge in [-0.25, -0.2) is 9.78 Å². The summed E-state index contributed by atoms with van der Waals surface area (Å²) in [6.07, 6.45) is 7.10. The molecule has 0 saturated carbocycles. The average Bonchev–Trinajstić information content (AvgIpc) is 3.50. The molecule has 4 aromatic rings. The molecule has 1 saturated heterocycles. The van der Waals surface area contributed by atoms with Crippen molar-refractivity contribution >= 4 is 17.4 Å². The molecule has 0 amide bonds. The van der Waals surface area contributed by atoms with Gasteiger partial charge in [-0.2, -0.15) is 14.9 Å². The first-order valence-electron chi connectivity index (χ1n) is 17.3. The van der Waals surface area contributed by atoms with Gasteiger partial charge in [0.2, 0.25) is 0 Å². The van der Waals surface area contributed by atoms with E-state index in [0.29, 0.717) is 46.2 Å². The molecule has 0 aliphatic carbocycles. The highest BCUT2D eigenvalue weighted by molar-refractivity contribution is 5.80. The van der Waals surface area contributed by atoms with E-state index in [0.717, 1.165) is 55.5 Å². The number of hydrogen-bond acceptors (Lipinski definition) is 7. The van der Waals surface area contributed by atoms with Gasteiger partial charge in [0, 0.05) is 42.4 Å². The van der Waals surface area contributed by atoms with E-state index in [9.17, 15) is 15.2 Å². The SMILES string of the molecule is C=CCCC1(C)CCN(c2c(C(OC(C)(C)C)C(=O)O)c(C)nc3cc(-c4cccc(-c5cc(C#N)ccc5O[C@@H](C)CC=C)c4)nn23)CC1. The third kappa shape index (κ3) is 8.09. The molecule has 2 aromatic carbocycles. The molecule has 1 aliphatic rings. The van der Waals surface area contributed by atoms with E-state index in [2.05, 4.69) is 31.1 Å². The number of carboxylic acids is 1. The summed E-state index contributed by atoms with van der Waals surface area (Å²) in [5.41, 5.74) is 4.94. The highest BCUT2D eigenvalue weighted by Crippen LogP contribution is 2.41.